The third-order valence-electron chi connectivity index (χ3n) is 6.33. The molecule has 2 heterocycles. The number of carboxylic acid groups (broad SMARTS) is 1. The Morgan fingerprint density at radius 2 is 1.88 bits per heavy atom. The number of amides is 2. The number of hydrogen-bond donors (Lipinski definition) is 5. The Hall–Kier alpha value is -3.62. The normalized spacial score (nSPS) is 17.9. The number of carboxylic acids is 1. The number of rotatable bonds is 12. The van der Waals surface area contributed by atoms with Gasteiger partial charge in [0.15, 0.2) is 5.96 Å². The molecule has 1 fully saturated rings. The highest BCUT2D eigenvalue weighted by molar-refractivity contribution is 8.00. The van der Waals surface area contributed by atoms with Gasteiger partial charge in [-0.2, -0.15) is 4.31 Å². The predicted octanol–water partition coefficient (Wildman–Crippen LogP) is 0.830. The van der Waals surface area contributed by atoms with Crippen LogP contribution in [0.4, 0.5) is 5.69 Å². The van der Waals surface area contributed by atoms with Gasteiger partial charge >= 0.3 is 5.97 Å². The smallest absolute Gasteiger partial charge is 0.326 e. The van der Waals surface area contributed by atoms with Gasteiger partial charge in [0.05, 0.1) is 17.3 Å². The molecule has 2 aliphatic rings. The molecule has 14 heteroatoms. The van der Waals surface area contributed by atoms with E-state index in [0.717, 1.165) is 23.4 Å². The van der Waals surface area contributed by atoms with Crippen molar-refractivity contribution in [2.75, 3.05) is 36.6 Å². The number of nitrogens with zero attached hydrogens (tertiary/aromatic N) is 2. The Kier molecular flexibility index (Phi) is 10.0. The summed E-state index contributed by atoms with van der Waals surface area (Å²) in [5, 5.41) is 21.3. The van der Waals surface area contributed by atoms with Crippen LogP contribution in [0.1, 0.15) is 18.4 Å². The van der Waals surface area contributed by atoms with Gasteiger partial charge in [0.2, 0.25) is 21.8 Å². The van der Waals surface area contributed by atoms with Crippen LogP contribution < -0.4 is 21.3 Å². The fourth-order valence-corrected chi connectivity index (χ4v) is 7.39. The number of carbonyl (C=O) groups is 3. The number of aliphatic imine (C=N–C) groups is 1. The molecule has 12 nitrogen and oxygen atoms in total. The van der Waals surface area contributed by atoms with Crippen LogP contribution >= 0.6 is 11.8 Å². The minimum atomic E-state index is -3.92. The van der Waals surface area contributed by atoms with Crippen molar-refractivity contribution in [1.82, 2.24) is 20.3 Å². The Labute approximate surface area is 237 Å². The highest BCUT2D eigenvalue weighted by Gasteiger charge is 2.41. The van der Waals surface area contributed by atoms with Gasteiger partial charge in [0.25, 0.3) is 0 Å². The van der Waals surface area contributed by atoms with Gasteiger partial charge in [0.1, 0.15) is 12.1 Å². The highest BCUT2D eigenvalue weighted by Crippen LogP contribution is 2.28. The number of nitrogens with one attached hydrogen (secondary N) is 4. The van der Waals surface area contributed by atoms with Crippen molar-refractivity contribution in [2.45, 2.75) is 36.2 Å². The van der Waals surface area contributed by atoms with E-state index in [9.17, 15) is 27.9 Å². The van der Waals surface area contributed by atoms with E-state index in [1.807, 2.05) is 0 Å². The van der Waals surface area contributed by atoms with E-state index >= 15 is 0 Å². The molecule has 0 unspecified atom stereocenters. The summed E-state index contributed by atoms with van der Waals surface area (Å²) in [5.41, 5.74) is 1.21. The molecule has 0 bridgehead atoms. The maximum absolute atomic E-state index is 13.1. The summed E-state index contributed by atoms with van der Waals surface area (Å²) in [5.74, 6) is -0.962. The highest BCUT2D eigenvalue weighted by atomic mass is 32.2. The van der Waals surface area contributed by atoms with Crippen LogP contribution in [0.2, 0.25) is 0 Å². The number of guanidine groups is 1. The third-order valence-corrected chi connectivity index (χ3v) is 9.38. The van der Waals surface area contributed by atoms with E-state index in [-0.39, 0.29) is 28.9 Å². The van der Waals surface area contributed by atoms with Crippen LogP contribution in [0.3, 0.4) is 0 Å². The first-order valence-electron chi connectivity index (χ1n) is 12.8. The summed E-state index contributed by atoms with van der Waals surface area (Å²) in [6.45, 7) is 2.18. The number of benzene rings is 2. The van der Waals surface area contributed by atoms with E-state index < -0.39 is 34.0 Å². The monoisotopic (exact) mass is 588 g/mol. The summed E-state index contributed by atoms with van der Waals surface area (Å²) in [6, 6.07) is 12.3. The van der Waals surface area contributed by atoms with Crippen LogP contribution in [0.5, 0.6) is 0 Å². The number of carbonyl (C=O) groups excluding carboxylic acids is 2. The molecular weight excluding hydrogens is 556 g/mol. The van der Waals surface area contributed by atoms with Crippen LogP contribution in [0, 0.1) is 0 Å². The van der Waals surface area contributed by atoms with Crippen molar-refractivity contribution in [3.63, 3.8) is 0 Å². The molecule has 0 spiro atoms. The summed E-state index contributed by atoms with van der Waals surface area (Å²) < 4.78 is 27.3. The van der Waals surface area contributed by atoms with Crippen molar-refractivity contribution in [1.29, 1.82) is 0 Å². The van der Waals surface area contributed by atoms with E-state index in [1.54, 1.807) is 42.5 Å². The zero-order chi connectivity index (χ0) is 28.5. The molecule has 2 aromatic carbocycles. The third kappa shape index (κ3) is 7.73. The van der Waals surface area contributed by atoms with Crippen molar-refractivity contribution in [3.05, 3.63) is 60.2 Å². The number of anilines is 1. The number of sulfonamides is 1. The Bertz CT molecular complexity index is 1340. The lowest BCUT2D eigenvalue weighted by Gasteiger charge is -2.24. The predicted molar refractivity (Wildman–Crippen MR) is 152 cm³/mol. The van der Waals surface area contributed by atoms with Crippen molar-refractivity contribution >= 4 is 51.2 Å². The van der Waals surface area contributed by atoms with E-state index in [0.29, 0.717) is 30.6 Å². The van der Waals surface area contributed by atoms with E-state index in [2.05, 4.69) is 26.3 Å². The summed E-state index contributed by atoms with van der Waals surface area (Å²) >= 11 is 1.29. The van der Waals surface area contributed by atoms with Crippen LogP contribution in [0.15, 0.2) is 64.5 Å². The molecular formula is C26H32N6O6S2. The lowest BCUT2D eigenvalue weighted by Crippen LogP contribution is -2.52. The first kappa shape index (κ1) is 29.4. The molecule has 0 radical (unpaired) electrons. The standard InChI is InChI=1S/C26H32N6O6S2/c33-23(7-4-12-27-26-28-13-14-29-26)30-19-10-8-18(9-11-19)15-21(25(35)36)31-24(34)22-16-39-17-32(22)40(37,38)20-5-2-1-3-6-20/h1-3,5-6,8-11,21-22H,4,7,12-17H2,(H,30,33)(H,31,34)(H,35,36)(H2,27,28,29)/t21-,22-/m0/s1. The SMILES string of the molecule is O=C(CCCNC1=NCCN1)Nc1ccc(C[C@H](NC(=O)[C@@H]2CSCN2S(=O)(=O)c2ccccc2)C(=O)O)cc1. The van der Waals surface area contributed by atoms with Crippen LogP contribution in [-0.4, -0.2) is 84.9 Å². The molecule has 2 aromatic rings. The number of aliphatic carboxylic acids is 1. The van der Waals surface area contributed by atoms with Crippen molar-refractivity contribution in [3.8, 4) is 0 Å². The largest absolute Gasteiger partial charge is 0.480 e. The number of thioether (sulfide) groups is 1. The van der Waals surface area contributed by atoms with Gasteiger partial charge < -0.3 is 26.4 Å². The fourth-order valence-electron chi connectivity index (χ4n) is 4.22. The average molecular weight is 589 g/mol. The molecule has 2 aliphatic heterocycles. The Morgan fingerprint density at radius 1 is 1.12 bits per heavy atom. The second-order valence-corrected chi connectivity index (χ2v) is 12.1. The van der Waals surface area contributed by atoms with Crippen LogP contribution in [-0.2, 0) is 30.8 Å². The lowest BCUT2D eigenvalue weighted by atomic mass is 10.0. The van der Waals surface area contributed by atoms with E-state index in [1.165, 1.54) is 23.9 Å². The molecule has 4 rings (SSSR count). The molecule has 0 aliphatic carbocycles. The number of hydrogen-bond acceptors (Lipinski definition) is 9. The first-order chi connectivity index (χ1) is 19.2. The average Bonchev–Trinajstić information content (AvgIpc) is 3.65. The minimum Gasteiger partial charge on any atom is -0.480 e. The fraction of sp³-hybridized carbons (Fsp3) is 0.385. The molecule has 5 N–H and O–H groups in total. The lowest BCUT2D eigenvalue weighted by molar-refractivity contribution is -0.142. The van der Waals surface area contributed by atoms with Gasteiger partial charge in [-0.1, -0.05) is 30.3 Å². The van der Waals surface area contributed by atoms with Gasteiger partial charge in [-0.25, -0.2) is 13.2 Å². The molecule has 2 atom stereocenters. The van der Waals surface area contributed by atoms with Gasteiger partial charge in [0, 0.05) is 37.4 Å². The second-order valence-electron chi connectivity index (χ2n) is 9.26. The quantitative estimate of drug-likeness (QED) is 0.226. The maximum Gasteiger partial charge on any atom is 0.326 e. The molecule has 40 heavy (non-hydrogen) atoms. The minimum absolute atomic E-state index is 0.00973. The summed E-state index contributed by atoms with van der Waals surface area (Å²) in [4.78, 5) is 41.5. The molecule has 1 saturated heterocycles. The van der Waals surface area contributed by atoms with Gasteiger partial charge in [-0.05, 0) is 36.2 Å². The topological polar surface area (TPSA) is 169 Å². The zero-order valence-corrected chi connectivity index (χ0v) is 23.3. The van der Waals surface area contributed by atoms with E-state index in [4.69, 9.17) is 0 Å². The Morgan fingerprint density at radius 3 is 2.55 bits per heavy atom. The van der Waals surface area contributed by atoms with Crippen molar-refractivity contribution < 1.29 is 27.9 Å². The van der Waals surface area contributed by atoms with Gasteiger partial charge in [-0.15, -0.1) is 11.8 Å². The second kappa shape index (κ2) is 13.6. The summed E-state index contributed by atoms with van der Waals surface area (Å²) in [7, 11) is -3.92. The first-order valence-corrected chi connectivity index (χ1v) is 15.4. The molecule has 0 saturated carbocycles. The Balaban J connectivity index is 1.29. The maximum atomic E-state index is 13.1. The zero-order valence-electron chi connectivity index (χ0n) is 21.7. The molecule has 2 amide bonds. The molecule has 0 aromatic heterocycles. The van der Waals surface area contributed by atoms with Gasteiger partial charge in [-0.3, -0.25) is 14.6 Å². The van der Waals surface area contributed by atoms with Crippen LogP contribution in [0.25, 0.3) is 0 Å². The summed E-state index contributed by atoms with van der Waals surface area (Å²) in [6.07, 6.45) is 0.948. The molecule has 214 valence electrons. The van der Waals surface area contributed by atoms with Crippen molar-refractivity contribution in [2.24, 2.45) is 4.99 Å².